The maximum absolute atomic E-state index is 3.89. The van der Waals surface area contributed by atoms with E-state index in [1.54, 1.807) is 11.0 Å². The first-order valence-corrected chi connectivity index (χ1v) is 4.31. The minimum Gasteiger partial charge on any atom is -0.223 e. The molecule has 0 N–H and O–H groups in total. The van der Waals surface area contributed by atoms with E-state index in [4.69, 9.17) is 0 Å². The third-order valence-electron chi connectivity index (χ3n) is 1.00. The molecule has 0 saturated carbocycles. The summed E-state index contributed by atoms with van der Waals surface area (Å²) in [6.07, 6.45) is 3.03. The second-order valence-electron chi connectivity index (χ2n) is 1.68. The summed E-state index contributed by atoms with van der Waals surface area (Å²) >= 11 is 4.60. The fraction of sp³-hybridized carbons (Fsp3) is 0. The molecule has 0 aliphatic carbocycles. The van der Waals surface area contributed by atoms with Gasteiger partial charge in [-0.05, 0) is 15.9 Å². The molecule has 0 saturated heterocycles. The molecule has 2 aromatic rings. The van der Waals surface area contributed by atoms with Crippen molar-refractivity contribution in [2.24, 2.45) is 0 Å². The van der Waals surface area contributed by atoms with Gasteiger partial charge in [0.2, 0.25) is 5.13 Å². The number of hydrogen-bond acceptors (Lipinski definition) is 5. The zero-order chi connectivity index (χ0) is 7.68. The highest BCUT2D eigenvalue weighted by Gasteiger charge is 2.02. The van der Waals surface area contributed by atoms with E-state index < -0.39 is 0 Å². The van der Waals surface area contributed by atoms with Crippen LogP contribution in [-0.2, 0) is 0 Å². The molecule has 0 spiro atoms. The van der Waals surface area contributed by atoms with Crippen molar-refractivity contribution in [2.75, 3.05) is 0 Å². The minimum absolute atomic E-state index is 0.703. The molecule has 0 aliphatic rings. The maximum atomic E-state index is 3.89. The van der Waals surface area contributed by atoms with Crippen LogP contribution in [0.3, 0.4) is 0 Å². The lowest BCUT2D eigenvalue weighted by Gasteiger charge is -1.86. The zero-order valence-electron chi connectivity index (χ0n) is 5.18. The van der Waals surface area contributed by atoms with E-state index in [0.29, 0.717) is 5.13 Å². The van der Waals surface area contributed by atoms with Crippen LogP contribution in [0.5, 0.6) is 0 Å². The molecule has 2 aromatic heterocycles. The highest BCUT2D eigenvalue weighted by molar-refractivity contribution is 9.11. The van der Waals surface area contributed by atoms with Crippen molar-refractivity contribution in [2.45, 2.75) is 0 Å². The van der Waals surface area contributed by atoms with Crippen LogP contribution >= 0.6 is 27.3 Å². The average Bonchev–Trinajstić information content (AvgIpc) is 2.55. The van der Waals surface area contributed by atoms with Gasteiger partial charge in [-0.3, -0.25) is 0 Å². The van der Waals surface area contributed by atoms with Crippen LogP contribution in [0.2, 0.25) is 0 Å². The molecular formula is C4H2BrN5S. The SMILES string of the molecule is Brc1nnc(-n2cncn2)s1. The first kappa shape index (κ1) is 6.86. The van der Waals surface area contributed by atoms with E-state index in [1.165, 1.54) is 17.7 Å². The van der Waals surface area contributed by atoms with E-state index in [0.717, 1.165) is 3.92 Å². The second-order valence-corrected chi connectivity index (χ2v) is 3.91. The van der Waals surface area contributed by atoms with Crippen LogP contribution in [-0.4, -0.2) is 25.0 Å². The topological polar surface area (TPSA) is 56.5 Å². The highest BCUT2D eigenvalue weighted by Crippen LogP contribution is 2.17. The van der Waals surface area contributed by atoms with E-state index in [2.05, 4.69) is 36.2 Å². The average molecular weight is 232 g/mol. The molecular weight excluding hydrogens is 230 g/mol. The Morgan fingerprint density at radius 3 is 2.91 bits per heavy atom. The number of nitrogens with zero attached hydrogens (tertiary/aromatic N) is 5. The molecule has 2 rings (SSSR count). The summed E-state index contributed by atoms with van der Waals surface area (Å²) in [7, 11) is 0. The Labute approximate surface area is 74.2 Å². The summed E-state index contributed by atoms with van der Waals surface area (Å²) < 4.78 is 2.30. The standard InChI is InChI=1S/C4H2BrN5S/c5-3-8-9-4(11-3)10-2-6-1-7-10/h1-2H. The quantitative estimate of drug-likeness (QED) is 0.732. The predicted octanol–water partition coefficient (Wildman–Crippen LogP) is 0.881. The lowest BCUT2D eigenvalue weighted by atomic mass is 11.1. The molecule has 5 nitrogen and oxygen atoms in total. The Bertz CT molecular complexity index is 341. The normalized spacial score (nSPS) is 10.3. The van der Waals surface area contributed by atoms with Gasteiger partial charge in [0.1, 0.15) is 12.7 Å². The van der Waals surface area contributed by atoms with Gasteiger partial charge >= 0.3 is 0 Å². The van der Waals surface area contributed by atoms with Crippen LogP contribution in [0.25, 0.3) is 5.13 Å². The minimum atomic E-state index is 0.703. The first-order valence-electron chi connectivity index (χ1n) is 2.70. The summed E-state index contributed by atoms with van der Waals surface area (Å²) in [6.45, 7) is 0. The van der Waals surface area contributed by atoms with Gasteiger partial charge in [-0.1, -0.05) is 11.3 Å². The summed E-state index contributed by atoms with van der Waals surface area (Å²) in [4.78, 5) is 3.78. The zero-order valence-corrected chi connectivity index (χ0v) is 7.58. The van der Waals surface area contributed by atoms with Crippen molar-refractivity contribution >= 4 is 27.3 Å². The third kappa shape index (κ3) is 1.29. The largest absolute Gasteiger partial charge is 0.235 e. The maximum Gasteiger partial charge on any atom is 0.235 e. The summed E-state index contributed by atoms with van der Waals surface area (Å²) in [5, 5.41) is 12.2. The van der Waals surface area contributed by atoms with Gasteiger partial charge in [0.25, 0.3) is 0 Å². The Kier molecular flexibility index (Phi) is 1.66. The van der Waals surface area contributed by atoms with Crippen molar-refractivity contribution in [3.05, 3.63) is 16.6 Å². The third-order valence-corrected chi connectivity index (χ3v) is 2.35. The molecule has 0 amide bonds. The van der Waals surface area contributed by atoms with Gasteiger partial charge in [-0.2, -0.15) is 9.78 Å². The number of halogens is 1. The molecule has 0 unspecified atom stereocenters. The molecule has 56 valence electrons. The lowest BCUT2D eigenvalue weighted by molar-refractivity contribution is 0.843. The molecule has 0 aliphatic heterocycles. The van der Waals surface area contributed by atoms with Gasteiger partial charge in [-0.15, -0.1) is 10.2 Å². The van der Waals surface area contributed by atoms with Gasteiger partial charge in [0.05, 0.1) is 0 Å². The van der Waals surface area contributed by atoms with Crippen molar-refractivity contribution in [3.63, 3.8) is 0 Å². The molecule has 0 bridgehead atoms. The molecule has 2 heterocycles. The monoisotopic (exact) mass is 231 g/mol. The Balaban J connectivity index is 2.45. The molecule has 7 heteroatoms. The fourth-order valence-electron chi connectivity index (χ4n) is 0.598. The fourth-order valence-corrected chi connectivity index (χ4v) is 1.61. The molecule has 0 atom stereocenters. The van der Waals surface area contributed by atoms with Crippen LogP contribution in [0, 0.1) is 0 Å². The smallest absolute Gasteiger partial charge is 0.223 e. The van der Waals surface area contributed by atoms with Crippen LogP contribution in [0.1, 0.15) is 0 Å². The Hall–Kier alpha value is -0.820. The van der Waals surface area contributed by atoms with Gasteiger partial charge in [-0.25, -0.2) is 4.98 Å². The number of aromatic nitrogens is 5. The van der Waals surface area contributed by atoms with Gasteiger partial charge in [0.15, 0.2) is 3.92 Å². The Morgan fingerprint density at radius 2 is 2.36 bits per heavy atom. The van der Waals surface area contributed by atoms with Gasteiger partial charge < -0.3 is 0 Å². The van der Waals surface area contributed by atoms with E-state index in [1.807, 2.05) is 0 Å². The predicted molar refractivity (Wildman–Crippen MR) is 42.5 cm³/mol. The van der Waals surface area contributed by atoms with Crippen LogP contribution < -0.4 is 0 Å². The van der Waals surface area contributed by atoms with E-state index in [-0.39, 0.29) is 0 Å². The first-order chi connectivity index (χ1) is 5.36. The molecule has 0 aromatic carbocycles. The molecule has 0 fully saturated rings. The second kappa shape index (κ2) is 2.67. The number of hydrogen-bond donors (Lipinski definition) is 0. The number of rotatable bonds is 1. The molecule has 11 heavy (non-hydrogen) atoms. The van der Waals surface area contributed by atoms with Crippen LogP contribution in [0.4, 0.5) is 0 Å². The summed E-state index contributed by atoms with van der Waals surface area (Å²) in [5.41, 5.74) is 0. The van der Waals surface area contributed by atoms with Crippen LogP contribution in [0.15, 0.2) is 16.6 Å². The Morgan fingerprint density at radius 1 is 1.45 bits per heavy atom. The van der Waals surface area contributed by atoms with Crippen molar-refractivity contribution < 1.29 is 0 Å². The van der Waals surface area contributed by atoms with E-state index >= 15 is 0 Å². The molecule has 0 radical (unpaired) electrons. The van der Waals surface area contributed by atoms with Crippen molar-refractivity contribution in [3.8, 4) is 5.13 Å². The van der Waals surface area contributed by atoms with Crippen molar-refractivity contribution in [1.82, 2.24) is 25.0 Å². The van der Waals surface area contributed by atoms with E-state index in [9.17, 15) is 0 Å². The highest BCUT2D eigenvalue weighted by atomic mass is 79.9. The summed E-state index contributed by atoms with van der Waals surface area (Å²) in [5.74, 6) is 0. The summed E-state index contributed by atoms with van der Waals surface area (Å²) in [6, 6.07) is 0. The van der Waals surface area contributed by atoms with Crippen molar-refractivity contribution in [1.29, 1.82) is 0 Å². The van der Waals surface area contributed by atoms with Gasteiger partial charge in [0, 0.05) is 0 Å². The lowest BCUT2D eigenvalue weighted by Crippen LogP contribution is -1.92.